The molecule has 0 aliphatic heterocycles. The van der Waals surface area contributed by atoms with E-state index in [4.69, 9.17) is 5.84 Å². The van der Waals surface area contributed by atoms with Gasteiger partial charge in [-0.15, -0.1) is 11.3 Å². The number of rotatable bonds is 3. The molecule has 0 aliphatic rings. The molecule has 17 heavy (non-hydrogen) atoms. The van der Waals surface area contributed by atoms with E-state index in [1.165, 1.54) is 17.5 Å². The van der Waals surface area contributed by atoms with Crippen molar-refractivity contribution in [1.82, 2.24) is 10.4 Å². The van der Waals surface area contributed by atoms with Crippen LogP contribution in [0.1, 0.15) is 22.0 Å². The van der Waals surface area contributed by atoms with Crippen molar-refractivity contribution in [2.75, 3.05) is 0 Å². The Morgan fingerprint density at radius 2 is 2.35 bits per heavy atom. The van der Waals surface area contributed by atoms with Crippen molar-refractivity contribution in [3.05, 3.63) is 50.1 Å². The maximum atomic E-state index is 13.7. The molecule has 2 aromatic rings. The molecular weight excluding hydrogens is 305 g/mol. The largest absolute Gasteiger partial charge is 0.271 e. The van der Waals surface area contributed by atoms with Crippen LogP contribution >= 0.6 is 27.3 Å². The van der Waals surface area contributed by atoms with Crippen LogP contribution in [0.15, 0.2) is 28.3 Å². The fourth-order valence-electron chi connectivity index (χ4n) is 1.57. The first-order valence-electron chi connectivity index (χ1n) is 4.95. The van der Waals surface area contributed by atoms with Crippen LogP contribution in [0.4, 0.5) is 4.39 Å². The van der Waals surface area contributed by atoms with Crippen LogP contribution in [0.25, 0.3) is 0 Å². The Bertz CT molecular complexity index is 510. The molecule has 2 aromatic heterocycles. The van der Waals surface area contributed by atoms with Crippen molar-refractivity contribution in [2.24, 2.45) is 5.84 Å². The molecule has 0 bridgehead atoms. The first-order chi connectivity index (χ1) is 8.13. The molecule has 0 saturated heterocycles. The van der Waals surface area contributed by atoms with Crippen LogP contribution in [0.3, 0.4) is 0 Å². The van der Waals surface area contributed by atoms with Crippen LogP contribution in [0.5, 0.6) is 0 Å². The van der Waals surface area contributed by atoms with Gasteiger partial charge in [0.25, 0.3) is 0 Å². The van der Waals surface area contributed by atoms with E-state index in [1.807, 2.05) is 13.0 Å². The lowest BCUT2D eigenvalue weighted by molar-refractivity contribution is 0.559. The Labute approximate surface area is 111 Å². The van der Waals surface area contributed by atoms with Crippen LogP contribution in [-0.4, -0.2) is 4.98 Å². The van der Waals surface area contributed by atoms with Gasteiger partial charge < -0.3 is 0 Å². The molecule has 3 N–H and O–H groups in total. The van der Waals surface area contributed by atoms with Gasteiger partial charge in [0.2, 0.25) is 0 Å². The van der Waals surface area contributed by atoms with Gasteiger partial charge in [-0.05, 0) is 40.5 Å². The number of hydrazine groups is 1. The van der Waals surface area contributed by atoms with Gasteiger partial charge in [0, 0.05) is 16.6 Å². The Balaban J connectivity index is 2.44. The minimum Gasteiger partial charge on any atom is -0.271 e. The number of aryl methyl sites for hydroxylation is 1. The molecule has 0 spiro atoms. The predicted octanol–water partition coefficient (Wildman–Crippen LogP) is 2.91. The van der Waals surface area contributed by atoms with Crippen molar-refractivity contribution < 1.29 is 4.39 Å². The number of hydrogen-bond donors (Lipinski definition) is 2. The number of nitrogens with one attached hydrogen (secondary N) is 1. The standard InChI is InChI=1S/C11H11BrFN3S/c1-6-4-9(17-11(6)12)10(16-14)7-2-3-15-5-8(7)13/h2-5,10,16H,14H2,1H3. The van der Waals surface area contributed by atoms with E-state index < -0.39 is 0 Å². The molecular formula is C11H11BrFN3S. The third-order valence-electron chi connectivity index (χ3n) is 2.44. The van der Waals surface area contributed by atoms with Crippen molar-refractivity contribution in [2.45, 2.75) is 13.0 Å². The molecule has 0 radical (unpaired) electrons. The minimum absolute atomic E-state index is 0.354. The molecule has 3 nitrogen and oxygen atoms in total. The van der Waals surface area contributed by atoms with Crippen LogP contribution in [0, 0.1) is 12.7 Å². The van der Waals surface area contributed by atoms with Crippen LogP contribution in [0.2, 0.25) is 0 Å². The topological polar surface area (TPSA) is 50.9 Å². The van der Waals surface area contributed by atoms with Crippen molar-refractivity contribution in [3.8, 4) is 0 Å². The van der Waals surface area contributed by atoms with E-state index in [0.717, 1.165) is 14.2 Å². The summed E-state index contributed by atoms with van der Waals surface area (Å²) in [6.07, 6.45) is 2.74. The van der Waals surface area contributed by atoms with Gasteiger partial charge >= 0.3 is 0 Å². The van der Waals surface area contributed by atoms with E-state index in [2.05, 4.69) is 26.3 Å². The molecule has 0 aliphatic carbocycles. The number of pyridine rings is 1. The van der Waals surface area contributed by atoms with E-state index in [1.54, 1.807) is 12.3 Å². The molecule has 90 valence electrons. The summed E-state index contributed by atoms with van der Waals surface area (Å²) >= 11 is 4.99. The molecule has 2 heterocycles. The van der Waals surface area contributed by atoms with Gasteiger partial charge in [0.1, 0.15) is 5.82 Å². The van der Waals surface area contributed by atoms with E-state index in [0.29, 0.717) is 5.56 Å². The second kappa shape index (κ2) is 5.22. The third kappa shape index (κ3) is 2.55. The lowest BCUT2D eigenvalue weighted by atomic mass is 10.1. The van der Waals surface area contributed by atoms with Crippen molar-refractivity contribution >= 4 is 27.3 Å². The number of thiophene rings is 1. The number of aromatic nitrogens is 1. The quantitative estimate of drug-likeness (QED) is 0.676. The average molecular weight is 316 g/mol. The molecule has 0 amide bonds. The fourth-order valence-corrected chi connectivity index (χ4v) is 3.22. The SMILES string of the molecule is Cc1cc(C(NN)c2ccncc2F)sc1Br. The zero-order valence-corrected chi connectivity index (χ0v) is 11.5. The highest BCUT2D eigenvalue weighted by Crippen LogP contribution is 2.34. The zero-order valence-electron chi connectivity index (χ0n) is 9.08. The second-order valence-electron chi connectivity index (χ2n) is 3.60. The average Bonchev–Trinajstić information content (AvgIpc) is 2.63. The van der Waals surface area contributed by atoms with E-state index >= 15 is 0 Å². The number of halogens is 2. The highest BCUT2D eigenvalue weighted by molar-refractivity contribution is 9.11. The second-order valence-corrected chi connectivity index (χ2v) is 6.00. The first-order valence-corrected chi connectivity index (χ1v) is 6.55. The zero-order chi connectivity index (χ0) is 12.4. The predicted molar refractivity (Wildman–Crippen MR) is 70.1 cm³/mol. The molecule has 2 rings (SSSR count). The highest BCUT2D eigenvalue weighted by atomic mass is 79.9. The molecule has 0 fully saturated rings. The lowest BCUT2D eigenvalue weighted by Crippen LogP contribution is -2.28. The Morgan fingerprint density at radius 3 is 2.88 bits per heavy atom. The smallest absolute Gasteiger partial charge is 0.146 e. The van der Waals surface area contributed by atoms with Crippen LogP contribution in [-0.2, 0) is 0 Å². The number of nitrogens with two attached hydrogens (primary N) is 1. The molecule has 0 aromatic carbocycles. The number of hydrogen-bond acceptors (Lipinski definition) is 4. The lowest BCUT2D eigenvalue weighted by Gasteiger charge is -2.14. The molecule has 1 atom stereocenters. The van der Waals surface area contributed by atoms with E-state index in [-0.39, 0.29) is 11.9 Å². The fraction of sp³-hybridized carbons (Fsp3) is 0.182. The molecule has 0 saturated carbocycles. The van der Waals surface area contributed by atoms with Gasteiger partial charge in [0.05, 0.1) is 16.0 Å². The summed E-state index contributed by atoms with van der Waals surface area (Å²) in [5.41, 5.74) is 4.25. The molecule has 6 heteroatoms. The normalized spacial score (nSPS) is 12.7. The first kappa shape index (κ1) is 12.6. The van der Waals surface area contributed by atoms with Gasteiger partial charge in [-0.25, -0.2) is 9.82 Å². The third-order valence-corrected chi connectivity index (χ3v) is 4.64. The number of nitrogens with zero attached hydrogens (tertiary/aromatic N) is 1. The summed E-state index contributed by atoms with van der Waals surface area (Å²) in [5.74, 6) is 5.16. The summed E-state index contributed by atoms with van der Waals surface area (Å²) in [7, 11) is 0. The maximum Gasteiger partial charge on any atom is 0.146 e. The molecule has 1 unspecified atom stereocenters. The monoisotopic (exact) mass is 315 g/mol. The van der Waals surface area contributed by atoms with Crippen molar-refractivity contribution in [3.63, 3.8) is 0 Å². The summed E-state index contributed by atoms with van der Waals surface area (Å²) < 4.78 is 14.7. The highest BCUT2D eigenvalue weighted by Gasteiger charge is 2.19. The van der Waals surface area contributed by atoms with Gasteiger partial charge in [-0.3, -0.25) is 10.8 Å². The summed E-state index contributed by atoms with van der Waals surface area (Å²) in [5, 5.41) is 0. The van der Waals surface area contributed by atoms with Gasteiger partial charge in [-0.1, -0.05) is 0 Å². The summed E-state index contributed by atoms with van der Waals surface area (Å²) in [4.78, 5) is 4.69. The Hall–Kier alpha value is -0.820. The maximum absolute atomic E-state index is 13.7. The van der Waals surface area contributed by atoms with Crippen molar-refractivity contribution in [1.29, 1.82) is 0 Å². The van der Waals surface area contributed by atoms with Crippen LogP contribution < -0.4 is 11.3 Å². The summed E-state index contributed by atoms with van der Waals surface area (Å²) in [6.45, 7) is 1.99. The minimum atomic E-state index is -0.363. The van der Waals surface area contributed by atoms with E-state index in [9.17, 15) is 4.39 Å². The summed E-state index contributed by atoms with van der Waals surface area (Å²) in [6, 6.07) is 3.26. The van der Waals surface area contributed by atoms with Gasteiger partial charge in [-0.2, -0.15) is 0 Å². The Kier molecular flexibility index (Phi) is 3.88. The Morgan fingerprint density at radius 1 is 1.59 bits per heavy atom. The van der Waals surface area contributed by atoms with Gasteiger partial charge in [0.15, 0.2) is 0 Å².